The molecule has 0 atom stereocenters. The van der Waals surface area contributed by atoms with E-state index in [4.69, 9.17) is 9.47 Å². The van der Waals surface area contributed by atoms with Crippen LogP contribution in [0.15, 0.2) is 18.2 Å². The molecule has 0 N–H and O–H groups in total. The first-order valence-electron chi connectivity index (χ1n) is 5.35. The molecule has 5 nitrogen and oxygen atoms in total. The van der Waals surface area contributed by atoms with Crippen LogP contribution in [0.4, 0.5) is 5.69 Å². The molecule has 0 unspecified atom stereocenters. The van der Waals surface area contributed by atoms with E-state index < -0.39 is 10.7 Å². The van der Waals surface area contributed by atoms with Crippen LogP contribution in [0.2, 0.25) is 0 Å². The highest BCUT2D eigenvalue weighted by Gasteiger charge is 2.44. The van der Waals surface area contributed by atoms with Crippen molar-refractivity contribution in [2.45, 2.75) is 31.5 Å². The molecule has 5 heteroatoms. The van der Waals surface area contributed by atoms with E-state index in [-0.39, 0.29) is 5.69 Å². The summed E-state index contributed by atoms with van der Waals surface area (Å²) in [7, 11) is 0. The van der Waals surface area contributed by atoms with Gasteiger partial charge in [0.15, 0.2) is 11.5 Å². The Bertz CT molecular complexity index is 451. The first kappa shape index (κ1) is 9.45. The van der Waals surface area contributed by atoms with Crippen molar-refractivity contribution in [3.8, 4) is 11.5 Å². The molecule has 1 heterocycles. The lowest BCUT2D eigenvalue weighted by atomic mass is 10.2. The second-order valence-electron chi connectivity index (χ2n) is 4.21. The molecular weight excluding hydrogens is 210 g/mol. The van der Waals surface area contributed by atoms with Crippen molar-refractivity contribution in [2.75, 3.05) is 0 Å². The molecule has 0 aromatic heterocycles. The number of rotatable bonds is 1. The maximum atomic E-state index is 10.6. The van der Waals surface area contributed by atoms with Gasteiger partial charge in [-0.3, -0.25) is 10.1 Å². The van der Waals surface area contributed by atoms with Gasteiger partial charge in [-0.15, -0.1) is 0 Å². The van der Waals surface area contributed by atoms with E-state index in [2.05, 4.69) is 0 Å². The van der Waals surface area contributed by atoms with Crippen LogP contribution in [0.3, 0.4) is 0 Å². The summed E-state index contributed by atoms with van der Waals surface area (Å²) in [6.45, 7) is 0. The van der Waals surface area contributed by atoms with Crippen LogP contribution >= 0.6 is 0 Å². The minimum atomic E-state index is -0.544. The average molecular weight is 221 g/mol. The lowest BCUT2D eigenvalue weighted by Gasteiger charge is -2.21. The molecule has 84 valence electrons. The number of fused-ring (bicyclic) bond motifs is 1. The van der Waals surface area contributed by atoms with Crippen LogP contribution in [0.25, 0.3) is 0 Å². The number of nitro benzene ring substituents is 1. The molecule has 1 aromatic carbocycles. The monoisotopic (exact) mass is 221 g/mol. The largest absolute Gasteiger partial charge is 0.448 e. The number of nitro groups is 1. The van der Waals surface area contributed by atoms with Gasteiger partial charge in [-0.05, 0) is 18.9 Å². The fourth-order valence-corrected chi connectivity index (χ4v) is 2.31. The number of non-ortho nitro benzene ring substituents is 1. The zero-order valence-electron chi connectivity index (χ0n) is 8.64. The summed E-state index contributed by atoms with van der Waals surface area (Å²) in [5, 5.41) is 10.6. The van der Waals surface area contributed by atoms with E-state index in [0.717, 1.165) is 25.7 Å². The molecule has 1 saturated carbocycles. The maximum Gasteiger partial charge on any atom is 0.273 e. The average Bonchev–Trinajstić information content (AvgIpc) is 2.84. The summed E-state index contributed by atoms with van der Waals surface area (Å²) in [5.74, 6) is 0.570. The van der Waals surface area contributed by atoms with Gasteiger partial charge in [0.25, 0.3) is 11.5 Å². The molecule has 0 amide bonds. The second-order valence-corrected chi connectivity index (χ2v) is 4.21. The first-order valence-corrected chi connectivity index (χ1v) is 5.35. The van der Waals surface area contributed by atoms with Crippen LogP contribution < -0.4 is 9.47 Å². The molecule has 0 radical (unpaired) electrons. The highest BCUT2D eigenvalue weighted by molar-refractivity contribution is 5.50. The van der Waals surface area contributed by atoms with Crippen LogP contribution in [-0.2, 0) is 0 Å². The molecule has 1 fully saturated rings. The fourth-order valence-electron chi connectivity index (χ4n) is 2.31. The minimum Gasteiger partial charge on any atom is -0.448 e. The van der Waals surface area contributed by atoms with Gasteiger partial charge in [0, 0.05) is 18.9 Å². The molecule has 1 aliphatic carbocycles. The molecule has 2 aliphatic rings. The lowest BCUT2D eigenvalue weighted by molar-refractivity contribution is -0.384. The SMILES string of the molecule is O=[N+]([O-])c1ccc2c(c1)OC1(CCCC1)O2. The van der Waals surface area contributed by atoms with E-state index in [0.29, 0.717) is 11.5 Å². The smallest absolute Gasteiger partial charge is 0.273 e. The number of ether oxygens (including phenoxy) is 2. The molecule has 1 spiro atoms. The van der Waals surface area contributed by atoms with Gasteiger partial charge in [-0.2, -0.15) is 0 Å². The second kappa shape index (κ2) is 3.10. The standard InChI is InChI=1S/C11H11NO4/c13-12(14)8-3-4-9-10(7-8)16-11(15-9)5-1-2-6-11/h3-4,7H,1-2,5-6H2. The van der Waals surface area contributed by atoms with Gasteiger partial charge in [0.1, 0.15) is 0 Å². The third kappa shape index (κ3) is 1.31. The molecule has 0 bridgehead atoms. The van der Waals surface area contributed by atoms with E-state index in [1.165, 1.54) is 12.1 Å². The van der Waals surface area contributed by atoms with Crippen molar-refractivity contribution in [1.82, 2.24) is 0 Å². The minimum absolute atomic E-state index is 0.0393. The van der Waals surface area contributed by atoms with E-state index in [1.807, 2.05) is 0 Å². The van der Waals surface area contributed by atoms with Crippen LogP contribution in [-0.4, -0.2) is 10.7 Å². The summed E-state index contributed by atoms with van der Waals surface area (Å²) in [5.41, 5.74) is 0.0393. The third-order valence-corrected chi connectivity index (χ3v) is 3.10. The summed E-state index contributed by atoms with van der Waals surface area (Å²) in [4.78, 5) is 10.2. The molecule has 0 saturated heterocycles. The predicted octanol–water partition coefficient (Wildman–Crippen LogP) is 2.64. The van der Waals surface area contributed by atoms with Crippen molar-refractivity contribution in [1.29, 1.82) is 0 Å². The topological polar surface area (TPSA) is 61.6 Å². The number of hydrogen-bond acceptors (Lipinski definition) is 4. The highest BCUT2D eigenvalue weighted by Crippen LogP contribution is 2.47. The quantitative estimate of drug-likeness (QED) is 0.540. The first-order chi connectivity index (χ1) is 7.69. The summed E-state index contributed by atoms with van der Waals surface area (Å²) in [6, 6.07) is 4.49. The summed E-state index contributed by atoms with van der Waals surface area (Å²) in [6.07, 6.45) is 3.87. The Morgan fingerprint density at radius 3 is 2.56 bits per heavy atom. The van der Waals surface area contributed by atoms with Crippen LogP contribution in [0, 0.1) is 10.1 Å². The van der Waals surface area contributed by atoms with E-state index in [9.17, 15) is 10.1 Å². The van der Waals surface area contributed by atoms with Crippen molar-refractivity contribution in [2.24, 2.45) is 0 Å². The number of hydrogen-bond donors (Lipinski definition) is 0. The Kier molecular flexibility index (Phi) is 1.83. The van der Waals surface area contributed by atoms with E-state index >= 15 is 0 Å². The Balaban J connectivity index is 1.94. The zero-order chi connectivity index (χ0) is 11.2. The Morgan fingerprint density at radius 2 is 1.88 bits per heavy atom. The fraction of sp³-hybridized carbons (Fsp3) is 0.455. The van der Waals surface area contributed by atoms with Crippen molar-refractivity contribution in [3.63, 3.8) is 0 Å². The van der Waals surface area contributed by atoms with Crippen molar-refractivity contribution in [3.05, 3.63) is 28.3 Å². The third-order valence-electron chi connectivity index (χ3n) is 3.10. The number of benzene rings is 1. The van der Waals surface area contributed by atoms with Crippen LogP contribution in [0.5, 0.6) is 11.5 Å². The van der Waals surface area contributed by atoms with Crippen molar-refractivity contribution >= 4 is 5.69 Å². The van der Waals surface area contributed by atoms with E-state index in [1.54, 1.807) is 6.07 Å². The van der Waals surface area contributed by atoms with Crippen molar-refractivity contribution < 1.29 is 14.4 Å². The maximum absolute atomic E-state index is 10.6. The lowest BCUT2D eigenvalue weighted by Crippen LogP contribution is -2.34. The molecule has 16 heavy (non-hydrogen) atoms. The Morgan fingerprint density at radius 1 is 1.19 bits per heavy atom. The van der Waals surface area contributed by atoms with Gasteiger partial charge in [-0.25, -0.2) is 0 Å². The number of nitrogens with zero attached hydrogens (tertiary/aromatic N) is 1. The highest BCUT2D eigenvalue weighted by atomic mass is 16.7. The van der Waals surface area contributed by atoms with Gasteiger partial charge < -0.3 is 9.47 Å². The molecule has 1 aliphatic heterocycles. The van der Waals surface area contributed by atoms with Crippen LogP contribution in [0.1, 0.15) is 25.7 Å². The molecule has 1 aromatic rings. The zero-order valence-corrected chi connectivity index (χ0v) is 8.64. The van der Waals surface area contributed by atoms with Gasteiger partial charge in [-0.1, -0.05) is 0 Å². The van der Waals surface area contributed by atoms with Gasteiger partial charge in [0.2, 0.25) is 0 Å². The Labute approximate surface area is 92.1 Å². The molecule has 3 rings (SSSR count). The summed E-state index contributed by atoms with van der Waals surface area (Å²) >= 11 is 0. The van der Waals surface area contributed by atoms with Gasteiger partial charge in [0.05, 0.1) is 11.0 Å². The molecular formula is C11H11NO4. The normalized spacial score (nSPS) is 20.2. The predicted molar refractivity (Wildman–Crippen MR) is 55.6 cm³/mol. The summed E-state index contributed by atoms with van der Waals surface area (Å²) < 4.78 is 11.5. The Hall–Kier alpha value is -1.78. The van der Waals surface area contributed by atoms with Gasteiger partial charge >= 0.3 is 0 Å².